The molecule has 0 radical (unpaired) electrons. The van der Waals surface area contributed by atoms with E-state index in [0.717, 1.165) is 47.1 Å². The Kier molecular flexibility index (Phi) is 7.46. The van der Waals surface area contributed by atoms with E-state index in [1.54, 1.807) is 0 Å². The summed E-state index contributed by atoms with van der Waals surface area (Å²) in [5, 5.41) is 7.00. The van der Waals surface area contributed by atoms with E-state index in [2.05, 4.69) is 47.8 Å². The van der Waals surface area contributed by atoms with Crippen LogP contribution in [0.1, 0.15) is 71.4 Å². The Balaban J connectivity index is 1.38. The summed E-state index contributed by atoms with van der Waals surface area (Å²) in [6.07, 6.45) is 8.14. The van der Waals surface area contributed by atoms with Gasteiger partial charge in [-0.25, -0.2) is 4.98 Å². The highest BCUT2D eigenvalue weighted by atomic mass is 16.7. The van der Waals surface area contributed by atoms with Gasteiger partial charge in [-0.05, 0) is 58.2 Å². The number of rotatable bonds is 10. The zero-order chi connectivity index (χ0) is 25.1. The van der Waals surface area contributed by atoms with E-state index in [1.807, 2.05) is 24.5 Å². The second-order valence-electron chi connectivity index (χ2n) is 10.4. The molecule has 0 unspecified atom stereocenters. The molecule has 1 aromatic carbocycles. The first-order valence-electron chi connectivity index (χ1n) is 13.4. The van der Waals surface area contributed by atoms with Crippen molar-refractivity contribution in [3.8, 4) is 11.5 Å². The molecule has 0 spiro atoms. The van der Waals surface area contributed by atoms with Crippen LogP contribution < -0.4 is 20.1 Å². The van der Waals surface area contributed by atoms with Crippen LogP contribution in [-0.2, 0) is 6.54 Å². The van der Waals surface area contributed by atoms with Gasteiger partial charge < -0.3 is 24.7 Å². The van der Waals surface area contributed by atoms with Crippen molar-refractivity contribution >= 4 is 22.9 Å². The topological polar surface area (TPSA) is 89.4 Å². The number of ether oxygens (including phenoxy) is 2. The predicted octanol–water partition coefficient (Wildman–Crippen LogP) is 5.20. The molecule has 36 heavy (non-hydrogen) atoms. The molecule has 0 saturated heterocycles. The van der Waals surface area contributed by atoms with Crippen LogP contribution in [0.15, 0.2) is 24.5 Å². The largest absolute Gasteiger partial charge is 0.454 e. The number of anilines is 2. The molecule has 0 bridgehead atoms. The lowest BCUT2D eigenvalue weighted by Crippen LogP contribution is -2.40. The molecule has 5 rings (SSSR count). The summed E-state index contributed by atoms with van der Waals surface area (Å²) in [4.78, 5) is 17.0. The second kappa shape index (κ2) is 10.9. The molecule has 0 amide bonds. The number of fused-ring (bicyclic) bond motifs is 2. The van der Waals surface area contributed by atoms with E-state index in [4.69, 9.17) is 24.4 Å². The standard InChI is InChI=1S/C27H39N7O2/c1-18(2)33(19(3)4)13-12-28-25-24-26(34(16-30-24)21-8-6-5-7-9-21)32-27(31-25)29-15-20-10-11-22-23(14-20)36-17-35-22/h10-11,14,16,18-19,21H,5-9,12-13,15,17H2,1-4H3,(H2,28,29,31,32). The summed E-state index contributed by atoms with van der Waals surface area (Å²) in [6, 6.07) is 7.42. The fourth-order valence-electron chi connectivity index (χ4n) is 5.39. The van der Waals surface area contributed by atoms with Crippen LogP contribution in [0.3, 0.4) is 0 Å². The molecule has 0 atom stereocenters. The van der Waals surface area contributed by atoms with Crippen molar-refractivity contribution in [1.29, 1.82) is 0 Å². The highest BCUT2D eigenvalue weighted by molar-refractivity contribution is 5.84. The molecule has 9 heteroatoms. The first kappa shape index (κ1) is 24.6. The molecule has 1 aliphatic heterocycles. The van der Waals surface area contributed by atoms with Gasteiger partial charge in [0.25, 0.3) is 0 Å². The van der Waals surface area contributed by atoms with Crippen LogP contribution in [0, 0.1) is 0 Å². The van der Waals surface area contributed by atoms with Gasteiger partial charge in [0.15, 0.2) is 28.5 Å². The third kappa shape index (κ3) is 5.36. The summed E-state index contributed by atoms with van der Waals surface area (Å²) in [7, 11) is 0. The molecule has 194 valence electrons. The lowest BCUT2D eigenvalue weighted by molar-refractivity contribution is 0.174. The van der Waals surface area contributed by atoms with Crippen molar-refractivity contribution in [2.75, 3.05) is 30.5 Å². The predicted molar refractivity (Wildman–Crippen MR) is 143 cm³/mol. The molecule has 2 aliphatic rings. The van der Waals surface area contributed by atoms with Crippen molar-refractivity contribution in [3.63, 3.8) is 0 Å². The van der Waals surface area contributed by atoms with Crippen LogP contribution in [0.5, 0.6) is 11.5 Å². The quantitative estimate of drug-likeness (QED) is 0.398. The molecule has 2 aromatic heterocycles. The van der Waals surface area contributed by atoms with Crippen molar-refractivity contribution < 1.29 is 9.47 Å². The number of nitrogens with one attached hydrogen (secondary N) is 2. The number of aromatic nitrogens is 4. The zero-order valence-corrected chi connectivity index (χ0v) is 22.0. The van der Waals surface area contributed by atoms with Crippen LogP contribution >= 0.6 is 0 Å². The van der Waals surface area contributed by atoms with Gasteiger partial charge in [0.1, 0.15) is 0 Å². The first-order chi connectivity index (χ1) is 17.5. The number of hydrogen-bond donors (Lipinski definition) is 2. The summed E-state index contributed by atoms with van der Waals surface area (Å²) in [5.74, 6) is 2.96. The second-order valence-corrected chi connectivity index (χ2v) is 10.4. The maximum Gasteiger partial charge on any atom is 0.231 e. The number of nitrogens with zero attached hydrogens (tertiary/aromatic N) is 5. The molecule has 3 aromatic rings. The number of hydrogen-bond acceptors (Lipinski definition) is 8. The monoisotopic (exact) mass is 493 g/mol. The van der Waals surface area contributed by atoms with Gasteiger partial charge in [0, 0.05) is 37.8 Å². The van der Waals surface area contributed by atoms with Crippen molar-refractivity contribution in [2.24, 2.45) is 0 Å². The third-order valence-electron chi connectivity index (χ3n) is 7.27. The minimum absolute atomic E-state index is 0.275. The maximum atomic E-state index is 5.53. The van der Waals surface area contributed by atoms with Gasteiger partial charge in [-0.1, -0.05) is 25.3 Å². The van der Waals surface area contributed by atoms with Crippen LogP contribution in [0.4, 0.5) is 11.8 Å². The number of benzene rings is 1. The van der Waals surface area contributed by atoms with E-state index in [9.17, 15) is 0 Å². The van der Waals surface area contributed by atoms with Crippen molar-refractivity contribution in [1.82, 2.24) is 24.4 Å². The Morgan fingerprint density at radius 3 is 2.56 bits per heavy atom. The molecule has 9 nitrogen and oxygen atoms in total. The van der Waals surface area contributed by atoms with Gasteiger partial charge in [0.05, 0.1) is 6.33 Å². The lowest BCUT2D eigenvalue weighted by atomic mass is 9.95. The Morgan fingerprint density at radius 2 is 1.78 bits per heavy atom. The van der Waals surface area contributed by atoms with E-state index in [1.165, 1.54) is 32.1 Å². The highest BCUT2D eigenvalue weighted by Gasteiger charge is 2.21. The third-order valence-corrected chi connectivity index (χ3v) is 7.27. The maximum absolute atomic E-state index is 5.53. The molecule has 1 saturated carbocycles. The molecule has 3 heterocycles. The zero-order valence-electron chi connectivity index (χ0n) is 22.0. The smallest absolute Gasteiger partial charge is 0.231 e. The highest BCUT2D eigenvalue weighted by Crippen LogP contribution is 2.34. The normalized spacial score (nSPS) is 16.0. The Hall–Kier alpha value is -3.07. The van der Waals surface area contributed by atoms with E-state index < -0.39 is 0 Å². The van der Waals surface area contributed by atoms with Crippen LogP contribution in [0.2, 0.25) is 0 Å². The average molecular weight is 494 g/mol. The summed E-state index contributed by atoms with van der Waals surface area (Å²) in [5.41, 5.74) is 2.83. The van der Waals surface area contributed by atoms with Crippen molar-refractivity contribution in [2.45, 2.75) is 84.5 Å². The summed E-state index contributed by atoms with van der Waals surface area (Å²) in [6.45, 7) is 11.6. The fraction of sp³-hybridized carbons (Fsp3) is 0.593. The average Bonchev–Trinajstić information content (AvgIpc) is 3.52. The van der Waals surface area contributed by atoms with E-state index in [-0.39, 0.29) is 6.79 Å². The minimum Gasteiger partial charge on any atom is -0.454 e. The van der Waals surface area contributed by atoms with Gasteiger partial charge in [-0.15, -0.1) is 0 Å². The van der Waals surface area contributed by atoms with Gasteiger partial charge >= 0.3 is 0 Å². The Morgan fingerprint density at radius 1 is 1.00 bits per heavy atom. The van der Waals surface area contributed by atoms with Gasteiger partial charge in [-0.3, -0.25) is 4.90 Å². The first-order valence-corrected chi connectivity index (χ1v) is 13.4. The van der Waals surface area contributed by atoms with Gasteiger partial charge in [-0.2, -0.15) is 9.97 Å². The van der Waals surface area contributed by atoms with E-state index in [0.29, 0.717) is 30.6 Å². The minimum atomic E-state index is 0.275. The summed E-state index contributed by atoms with van der Waals surface area (Å²) < 4.78 is 13.2. The van der Waals surface area contributed by atoms with Crippen molar-refractivity contribution in [3.05, 3.63) is 30.1 Å². The SMILES string of the molecule is CC(C)N(CCNc1nc(NCc2ccc3c(c2)OCO3)nc2c1ncn2C1CCCCC1)C(C)C. The van der Waals surface area contributed by atoms with Gasteiger partial charge in [0.2, 0.25) is 12.7 Å². The summed E-state index contributed by atoms with van der Waals surface area (Å²) >= 11 is 0. The molecule has 2 N–H and O–H groups in total. The molecular weight excluding hydrogens is 454 g/mol. The molecule has 1 fully saturated rings. The fourth-order valence-corrected chi connectivity index (χ4v) is 5.39. The van der Waals surface area contributed by atoms with Crippen LogP contribution in [0.25, 0.3) is 11.2 Å². The lowest BCUT2D eigenvalue weighted by Gasteiger charge is -2.30. The Labute approximate surface area is 213 Å². The Bertz CT molecular complexity index is 1160. The molecular formula is C27H39N7O2. The molecule has 1 aliphatic carbocycles. The van der Waals surface area contributed by atoms with E-state index >= 15 is 0 Å². The van der Waals surface area contributed by atoms with Crippen LogP contribution in [-0.4, -0.2) is 56.4 Å². The number of imidazole rings is 1.